The van der Waals surface area contributed by atoms with Crippen LogP contribution in [0.15, 0.2) is 18.2 Å². The SMILES string of the molecule is CCN(CC)C(C)c1nc2cc(OC)ccc2n1CCN. The zero-order chi connectivity index (χ0) is 15.4. The van der Waals surface area contributed by atoms with Gasteiger partial charge in [0.2, 0.25) is 0 Å². The Morgan fingerprint density at radius 1 is 1.33 bits per heavy atom. The summed E-state index contributed by atoms with van der Waals surface area (Å²) < 4.78 is 7.53. The van der Waals surface area contributed by atoms with Crippen LogP contribution < -0.4 is 10.5 Å². The number of nitrogens with two attached hydrogens (primary N) is 1. The summed E-state index contributed by atoms with van der Waals surface area (Å²) in [4.78, 5) is 7.24. The lowest BCUT2D eigenvalue weighted by atomic mass is 10.2. The van der Waals surface area contributed by atoms with Crippen LogP contribution in [-0.4, -0.2) is 41.2 Å². The zero-order valence-corrected chi connectivity index (χ0v) is 13.5. The van der Waals surface area contributed by atoms with E-state index in [-0.39, 0.29) is 6.04 Å². The van der Waals surface area contributed by atoms with Gasteiger partial charge in [-0.15, -0.1) is 0 Å². The van der Waals surface area contributed by atoms with Crippen molar-refractivity contribution >= 4 is 11.0 Å². The Hall–Kier alpha value is -1.59. The number of fused-ring (bicyclic) bond motifs is 1. The van der Waals surface area contributed by atoms with E-state index in [1.165, 1.54) is 0 Å². The van der Waals surface area contributed by atoms with Crippen LogP contribution >= 0.6 is 0 Å². The molecule has 1 unspecified atom stereocenters. The lowest BCUT2D eigenvalue weighted by Crippen LogP contribution is -2.29. The standard InChI is InChI=1S/C16H26N4O/c1-5-19(6-2)12(3)16-18-14-11-13(21-4)7-8-15(14)20(16)10-9-17/h7-8,11-12H,5-6,9-10,17H2,1-4H3. The van der Waals surface area contributed by atoms with Gasteiger partial charge in [-0.2, -0.15) is 0 Å². The molecule has 0 spiro atoms. The summed E-state index contributed by atoms with van der Waals surface area (Å²) in [6.07, 6.45) is 0. The minimum absolute atomic E-state index is 0.268. The van der Waals surface area contributed by atoms with Crippen LogP contribution in [0.5, 0.6) is 5.75 Å². The van der Waals surface area contributed by atoms with E-state index in [0.717, 1.165) is 42.2 Å². The molecule has 2 N–H and O–H groups in total. The van der Waals surface area contributed by atoms with Crippen molar-refractivity contribution in [1.82, 2.24) is 14.5 Å². The van der Waals surface area contributed by atoms with Crippen molar-refractivity contribution in [3.63, 3.8) is 0 Å². The average Bonchev–Trinajstić information content (AvgIpc) is 2.86. The number of hydrogen-bond acceptors (Lipinski definition) is 4. The molecular formula is C16H26N4O. The molecule has 5 heteroatoms. The van der Waals surface area contributed by atoms with Gasteiger partial charge >= 0.3 is 0 Å². The molecule has 116 valence electrons. The predicted molar refractivity (Wildman–Crippen MR) is 86.7 cm³/mol. The molecule has 0 bridgehead atoms. The van der Waals surface area contributed by atoms with Gasteiger partial charge < -0.3 is 15.0 Å². The molecule has 1 aromatic carbocycles. The fraction of sp³-hybridized carbons (Fsp3) is 0.562. The van der Waals surface area contributed by atoms with Crippen molar-refractivity contribution in [2.75, 3.05) is 26.7 Å². The van der Waals surface area contributed by atoms with E-state index in [9.17, 15) is 0 Å². The fourth-order valence-electron chi connectivity index (χ4n) is 2.87. The number of ether oxygens (including phenoxy) is 1. The molecule has 1 aromatic heterocycles. The summed E-state index contributed by atoms with van der Waals surface area (Å²) in [5, 5.41) is 0. The maximum Gasteiger partial charge on any atom is 0.127 e. The van der Waals surface area contributed by atoms with Gasteiger partial charge in [0.1, 0.15) is 11.6 Å². The van der Waals surface area contributed by atoms with Crippen LogP contribution in [0.2, 0.25) is 0 Å². The number of nitrogens with zero attached hydrogens (tertiary/aromatic N) is 3. The summed E-state index contributed by atoms with van der Waals surface area (Å²) in [7, 11) is 1.68. The van der Waals surface area contributed by atoms with Crippen molar-refractivity contribution in [2.24, 2.45) is 5.73 Å². The Kier molecular flexibility index (Phi) is 5.20. The number of methoxy groups -OCH3 is 1. The average molecular weight is 290 g/mol. The smallest absolute Gasteiger partial charge is 0.127 e. The van der Waals surface area contributed by atoms with Gasteiger partial charge in [-0.3, -0.25) is 4.90 Å². The Balaban J connectivity index is 2.52. The van der Waals surface area contributed by atoms with E-state index in [4.69, 9.17) is 15.5 Å². The van der Waals surface area contributed by atoms with E-state index in [1.807, 2.05) is 12.1 Å². The highest BCUT2D eigenvalue weighted by molar-refractivity contribution is 5.78. The van der Waals surface area contributed by atoms with Crippen molar-refractivity contribution in [3.05, 3.63) is 24.0 Å². The Morgan fingerprint density at radius 2 is 2.05 bits per heavy atom. The van der Waals surface area contributed by atoms with Crippen LogP contribution in [0.25, 0.3) is 11.0 Å². The zero-order valence-electron chi connectivity index (χ0n) is 13.5. The normalized spacial score (nSPS) is 13.0. The fourth-order valence-corrected chi connectivity index (χ4v) is 2.87. The van der Waals surface area contributed by atoms with Gasteiger partial charge in [-0.1, -0.05) is 13.8 Å². The van der Waals surface area contributed by atoms with E-state index < -0.39 is 0 Å². The molecule has 21 heavy (non-hydrogen) atoms. The number of rotatable bonds is 7. The highest BCUT2D eigenvalue weighted by atomic mass is 16.5. The number of benzene rings is 1. The minimum Gasteiger partial charge on any atom is -0.497 e. The molecule has 1 heterocycles. The van der Waals surface area contributed by atoms with Crippen LogP contribution in [0.4, 0.5) is 0 Å². The van der Waals surface area contributed by atoms with E-state index in [0.29, 0.717) is 6.54 Å². The molecule has 1 atom stereocenters. The quantitative estimate of drug-likeness (QED) is 0.851. The summed E-state index contributed by atoms with van der Waals surface area (Å²) in [6.45, 7) is 9.97. The topological polar surface area (TPSA) is 56.3 Å². The molecule has 0 fully saturated rings. The van der Waals surface area contributed by atoms with Crippen molar-refractivity contribution < 1.29 is 4.74 Å². The molecular weight excluding hydrogens is 264 g/mol. The first-order valence-corrected chi connectivity index (χ1v) is 7.64. The molecule has 0 saturated carbocycles. The summed E-state index contributed by atoms with van der Waals surface area (Å²) >= 11 is 0. The third-order valence-corrected chi connectivity index (χ3v) is 4.07. The summed E-state index contributed by atoms with van der Waals surface area (Å²) in [6, 6.07) is 6.30. The highest BCUT2D eigenvalue weighted by Crippen LogP contribution is 2.27. The lowest BCUT2D eigenvalue weighted by molar-refractivity contribution is 0.222. The van der Waals surface area contributed by atoms with Gasteiger partial charge in [0, 0.05) is 19.2 Å². The van der Waals surface area contributed by atoms with Crippen LogP contribution in [0, 0.1) is 0 Å². The Morgan fingerprint density at radius 3 is 2.62 bits per heavy atom. The molecule has 2 rings (SSSR count). The van der Waals surface area contributed by atoms with Crippen molar-refractivity contribution in [1.29, 1.82) is 0 Å². The first kappa shape index (κ1) is 15.8. The van der Waals surface area contributed by atoms with E-state index in [2.05, 4.69) is 36.3 Å². The predicted octanol–water partition coefficient (Wildman–Crippen LogP) is 2.41. The first-order valence-electron chi connectivity index (χ1n) is 7.64. The Bertz CT molecular complexity index is 589. The van der Waals surface area contributed by atoms with Crippen LogP contribution in [0.3, 0.4) is 0 Å². The highest BCUT2D eigenvalue weighted by Gasteiger charge is 2.20. The van der Waals surface area contributed by atoms with Crippen LogP contribution in [0.1, 0.15) is 32.6 Å². The summed E-state index contributed by atoms with van der Waals surface area (Å²) in [5.74, 6) is 1.91. The van der Waals surface area contributed by atoms with Gasteiger partial charge in [0.05, 0.1) is 24.2 Å². The lowest BCUT2D eigenvalue weighted by Gasteiger charge is -2.26. The van der Waals surface area contributed by atoms with E-state index >= 15 is 0 Å². The van der Waals surface area contributed by atoms with Gasteiger partial charge in [0.25, 0.3) is 0 Å². The third kappa shape index (κ3) is 3.04. The Labute approximate surface area is 126 Å². The maximum atomic E-state index is 5.79. The van der Waals surface area contributed by atoms with E-state index in [1.54, 1.807) is 7.11 Å². The monoisotopic (exact) mass is 290 g/mol. The molecule has 0 amide bonds. The number of imidazole rings is 1. The molecule has 0 aliphatic rings. The molecule has 0 aliphatic carbocycles. The van der Waals surface area contributed by atoms with Gasteiger partial charge in [0.15, 0.2) is 0 Å². The van der Waals surface area contributed by atoms with Gasteiger partial charge in [-0.05, 0) is 32.1 Å². The number of hydrogen-bond donors (Lipinski definition) is 1. The molecule has 0 radical (unpaired) electrons. The third-order valence-electron chi connectivity index (χ3n) is 4.07. The van der Waals surface area contributed by atoms with Crippen LogP contribution in [-0.2, 0) is 6.54 Å². The van der Waals surface area contributed by atoms with Crippen molar-refractivity contribution in [3.8, 4) is 5.75 Å². The minimum atomic E-state index is 0.268. The second-order valence-electron chi connectivity index (χ2n) is 5.16. The summed E-state index contributed by atoms with van der Waals surface area (Å²) in [5.41, 5.74) is 7.88. The second kappa shape index (κ2) is 6.91. The molecule has 0 saturated heterocycles. The number of aromatic nitrogens is 2. The first-order chi connectivity index (χ1) is 10.2. The molecule has 5 nitrogen and oxygen atoms in total. The maximum absolute atomic E-state index is 5.79. The van der Waals surface area contributed by atoms with Crippen molar-refractivity contribution in [2.45, 2.75) is 33.4 Å². The second-order valence-corrected chi connectivity index (χ2v) is 5.16. The largest absolute Gasteiger partial charge is 0.497 e. The molecule has 0 aliphatic heterocycles. The van der Waals surface area contributed by atoms with Gasteiger partial charge in [-0.25, -0.2) is 4.98 Å². The molecule has 2 aromatic rings.